The van der Waals surface area contributed by atoms with E-state index in [0.29, 0.717) is 10.7 Å². The molecule has 1 aromatic heterocycles. The lowest BCUT2D eigenvalue weighted by Gasteiger charge is -2.10. The molecule has 100 valence electrons. The molecule has 0 aliphatic heterocycles. The van der Waals surface area contributed by atoms with Crippen molar-refractivity contribution in [3.8, 4) is 0 Å². The smallest absolute Gasteiger partial charge is 0.273 e. The molecule has 1 amide bonds. The van der Waals surface area contributed by atoms with Crippen LogP contribution in [0.25, 0.3) is 0 Å². The molecule has 0 saturated carbocycles. The highest BCUT2D eigenvalue weighted by molar-refractivity contribution is 6.31. The Morgan fingerprint density at radius 3 is 2.95 bits per heavy atom. The Hall–Kier alpha value is -1.81. The van der Waals surface area contributed by atoms with Gasteiger partial charge in [-0.05, 0) is 37.1 Å². The van der Waals surface area contributed by atoms with Crippen molar-refractivity contribution in [3.05, 3.63) is 46.7 Å². The van der Waals surface area contributed by atoms with Gasteiger partial charge in [-0.1, -0.05) is 24.6 Å². The Balaban J connectivity index is 2.21. The van der Waals surface area contributed by atoms with E-state index in [4.69, 9.17) is 11.6 Å². The molecule has 1 heterocycles. The molecule has 4 nitrogen and oxygen atoms in total. The molecular weight excluding hydrogens is 262 g/mol. The summed E-state index contributed by atoms with van der Waals surface area (Å²) < 4.78 is 1.70. The first-order valence-electron chi connectivity index (χ1n) is 6.21. The molecule has 19 heavy (non-hydrogen) atoms. The fraction of sp³-hybridized carbons (Fsp3) is 0.286. The SMILES string of the molecule is CCCn1nccc1C(=O)Nc1cccc(Cl)c1C. The summed E-state index contributed by atoms with van der Waals surface area (Å²) >= 11 is 6.03. The van der Waals surface area contributed by atoms with Crippen molar-refractivity contribution >= 4 is 23.2 Å². The first-order chi connectivity index (χ1) is 9.13. The van der Waals surface area contributed by atoms with Gasteiger partial charge >= 0.3 is 0 Å². The maximum atomic E-state index is 12.2. The van der Waals surface area contributed by atoms with Crippen LogP contribution >= 0.6 is 11.6 Å². The summed E-state index contributed by atoms with van der Waals surface area (Å²) in [6, 6.07) is 7.16. The largest absolute Gasteiger partial charge is 0.320 e. The molecule has 5 heteroatoms. The average Bonchev–Trinajstić information content (AvgIpc) is 2.84. The highest BCUT2D eigenvalue weighted by atomic mass is 35.5. The minimum atomic E-state index is -0.170. The molecule has 0 aliphatic carbocycles. The molecule has 1 aromatic carbocycles. The maximum absolute atomic E-state index is 12.2. The van der Waals surface area contributed by atoms with Crippen LogP contribution in [0.5, 0.6) is 0 Å². The van der Waals surface area contributed by atoms with Crippen molar-refractivity contribution in [1.82, 2.24) is 9.78 Å². The highest BCUT2D eigenvalue weighted by Crippen LogP contribution is 2.23. The third kappa shape index (κ3) is 2.96. The maximum Gasteiger partial charge on any atom is 0.273 e. The fourth-order valence-electron chi connectivity index (χ4n) is 1.84. The van der Waals surface area contributed by atoms with Crippen LogP contribution in [0.1, 0.15) is 29.4 Å². The first kappa shape index (κ1) is 13.6. The van der Waals surface area contributed by atoms with Crippen LogP contribution in [0, 0.1) is 6.92 Å². The lowest BCUT2D eigenvalue weighted by molar-refractivity contribution is 0.101. The van der Waals surface area contributed by atoms with Gasteiger partial charge in [0.2, 0.25) is 0 Å². The van der Waals surface area contributed by atoms with E-state index < -0.39 is 0 Å². The average molecular weight is 278 g/mol. The van der Waals surface area contributed by atoms with Gasteiger partial charge in [-0.15, -0.1) is 0 Å². The van der Waals surface area contributed by atoms with Crippen LogP contribution < -0.4 is 5.32 Å². The number of benzene rings is 1. The molecule has 0 fully saturated rings. The lowest BCUT2D eigenvalue weighted by Crippen LogP contribution is -2.18. The van der Waals surface area contributed by atoms with E-state index in [1.165, 1.54) is 0 Å². The Bertz CT molecular complexity index is 592. The molecule has 0 unspecified atom stereocenters. The van der Waals surface area contributed by atoms with E-state index in [1.807, 2.05) is 26.0 Å². The van der Waals surface area contributed by atoms with Crippen molar-refractivity contribution < 1.29 is 4.79 Å². The van der Waals surface area contributed by atoms with Crippen LogP contribution in [0.2, 0.25) is 5.02 Å². The third-order valence-electron chi connectivity index (χ3n) is 2.90. The normalized spacial score (nSPS) is 10.5. The van der Waals surface area contributed by atoms with Gasteiger partial charge < -0.3 is 5.32 Å². The van der Waals surface area contributed by atoms with Crippen molar-refractivity contribution in [2.75, 3.05) is 5.32 Å². The number of nitrogens with zero attached hydrogens (tertiary/aromatic N) is 2. The van der Waals surface area contributed by atoms with Crippen LogP contribution in [-0.4, -0.2) is 15.7 Å². The number of carbonyl (C=O) groups excluding carboxylic acids is 1. The van der Waals surface area contributed by atoms with E-state index in [-0.39, 0.29) is 5.91 Å². The summed E-state index contributed by atoms with van der Waals surface area (Å²) in [6.07, 6.45) is 2.56. The first-order valence-corrected chi connectivity index (χ1v) is 6.59. The summed E-state index contributed by atoms with van der Waals surface area (Å²) in [5.41, 5.74) is 2.14. The van der Waals surface area contributed by atoms with Crippen molar-refractivity contribution in [3.63, 3.8) is 0 Å². The van der Waals surface area contributed by atoms with Crippen molar-refractivity contribution in [2.45, 2.75) is 26.8 Å². The zero-order valence-electron chi connectivity index (χ0n) is 11.0. The second kappa shape index (κ2) is 5.89. The Kier molecular flexibility index (Phi) is 4.22. The molecule has 1 N–H and O–H groups in total. The number of aromatic nitrogens is 2. The van der Waals surface area contributed by atoms with Crippen LogP contribution in [0.4, 0.5) is 5.69 Å². The topological polar surface area (TPSA) is 46.9 Å². The predicted octanol–water partition coefficient (Wildman–Crippen LogP) is 3.51. The number of anilines is 1. The number of amides is 1. The van der Waals surface area contributed by atoms with E-state index >= 15 is 0 Å². The second-order valence-corrected chi connectivity index (χ2v) is 4.71. The van der Waals surface area contributed by atoms with Gasteiger partial charge in [-0.2, -0.15) is 5.10 Å². The zero-order chi connectivity index (χ0) is 13.8. The standard InChI is InChI=1S/C14H16ClN3O/c1-3-9-18-13(7-8-16-18)14(19)17-12-6-4-5-11(15)10(12)2/h4-8H,3,9H2,1-2H3,(H,17,19). The number of halogens is 1. The Morgan fingerprint density at radius 1 is 1.42 bits per heavy atom. The number of aryl methyl sites for hydroxylation is 1. The Morgan fingerprint density at radius 2 is 2.21 bits per heavy atom. The molecule has 0 aliphatic rings. The zero-order valence-corrected chi connectivity index (χ0v) is 11.7. The molecule has 0 spiro atoms. The summed E-state index contributed by atoms with van der Waals surface area (Å²) in [7, 11) is 0. The molecular formula is C14H16ClN3O. The highest BCUT2D eigenvalue weighted by Gasteiger charge is 2.13. The van der Waals surface area contributed by atoms with Gasteiger partial charge in [0.15, 0.2) is 0 Å². The van der Waals surface area contributed by atoms with Crippen LogP contribution in [-0.2, 0) is 6.54 Å². The van der Waals surface area contributed by atoms with Gasteiger partial charge in [-0.3, -0.25) is 9.48 Å². The van der Waals surface area contributed by atoms with E-state index in [9.17, 15) is 4.79 Å². The second-order valence-electron chi connectivity index (χ2n) is 4.31. The molecule has 2 aromatic rings. The van der Waals surface area contributed by atoms with Gasteiger partial charge in [0.05, 0.1) is 0 Å². The summed E-state index contributed by atoms with van der Waals surface area (Å²) in [6.45, 7) is 4.65. The van der Waals surface area contributed by atoms with Gasteiger partial charge in [0.25, 0.3) is 5.91 Å². The van der Waals surface area contributed by atoms with Crippen LogP contribution in [0.15, 0.2) is 30.5 Å². The van der Waals surface area contributed by atoms with E-state index in [1.54, 1.807) is 23.0 Å². The van der Waals surface area contributed by atoms with E-state index in [0.717, 1.165) is 24.2 Å². The molecule has 0 bridgehead atoms. The lowest BCUT2D eigenvalue weighted by atomic mass is 10.2. The summed E-state index contributed by atoms with van der Waals surface area (Å²) in [5, 5.41) is 7.65. The number of carbonyl (C=O) groups is 1. The van der Waals surface area contributed by atoms with Crippen LogP contribution in [0.3, 0.4) is 0 Å². The molecule has 0 atom stereocenters. The minimum absolute atomic E-state index is 0.170. The summed E-state index contributed by atoms with van der Waals surface area (Å²) in [4.78, 5) is 12.2. The van der Waals surface area contributed by atoms with Gasteiger partial charge in [-0.25, -0.2) is 0 Å². The number of hydrogen-bond acceptors (Lipinski definition) is 2. The van der Waals surface area contributed by atoms with Gasteiger partial charge in [0.1, 0.15) is 5.69 Å². The number of hydrogen-bond donors (Lipinski definition) is 1. The number of nitrogens with one attached hydrogen (secondary N) is 1. The van der Waals surface area contributed by atoms with Crippen molar-refractivity contribution in [1.29, 1.82) is 0 Å². The quantitative estimate of drug-likeness (QED) is 0.930. The molecule has 2 rings (SSSR count). The third-order valence-corrected chi connectivity index (χ3v) is 3.31. The van der Waals surface area contributed by atoms with Crippen molar-refractivity contribution in [2.24, 2.45) is 0 Å². The molecule has 0 saturated heterocycles. The minimum Gasteiger partial charge on any atom is -0.320 e. The van der Waals surface area contributed by atoms with E-state index in [2.05, 4.69) is 10.4 Å². The Labute approximate surface area is 117 Å². The predicted molar refractivity (Wildman–Crippen MR) is 76.7 cm³/mol. The summed E-state index contributed by atoms with van der Waals surface area (Å²) in [5.74, 6) is -0.170. The fourth-order valence-corrected chi connectivity index (χ4v) is 2.02. The molecule has 0 radical (unpaired) electrons. The number of rotatable bonds is 4. The monoisotopic (exact) mass is 277 g/mol. The van der Waals surface area contributed by atoms with Gasteiger partial charge in [0, 0.05) is 23.5 Å².